The Morgan fingerprint density at radius 2 is 1.87 bits per heavy atom. The molecule has 6 atom stereocenters. The molecule has 6 N–H and O–H groups in total. The quantitative estimate of drug-likeness (QED) is 0.362. The summed E-state index contributed by atoms with van der Waals surface area (Å²) in [7, 11) is -1.51. The number of rotatable bonds is 11. The third-order valence-corrected chi connectivity index (χ3v) is 8.03. The summed E-state index contributed by atoms with van der Waals surface area (Å²) in [6.07, 6.45) is -1.17. The first kappa shape index (κ1) is 30.0. The summed E-state index contributed by atoms with van der Waals surface area (Å²) in [5.41, 5.74) is 7.33. The van der Waals surface area contributed by atoms with Crippen LogP contribution in [0.5, 0.6) is 0 Å². The fourth-order valence-corrected chi connectivity index (χ4v) is 6.10. The fraction of sp³-hybridized carbons (Fsp3) is 0.519. The Morgan fingerprint density at radius 1 is 1.16 bits per heavy atom. The van der Waals surface area contributed by atoms with E-state index in [1.165, 1.54) is 0 Å². The van der Waals surface area contributed by atoms with Crippen LogP contribution in [0.25, 0.3) is 0 Å². The number of aliphatic hydroxyl groups is 1. The van der Waals surface area contributed by atoms with Gasteiger partial charge in [0, 0.05) is 18.8 Å². The van der Waals surface area contributed by atoms with Crippen LogP contribution in [-0.2, 0) is 31.6 Å². The number of carbonyl (C=O) groups is 1. The summed E-state index contributed by atoms with van der Waals surface area (Å²) in [5, 5.41) is 14.2. The highest BCUT2D eigenvalue weighted by Gasteiger charge is 2.44. The van der Waals surface area contributed by atoms with Gasteiger partial charge in [-0.25, -0.2) is 13.3 Å². The first-order valence-electron chi connectivity index (χ1n) is 12.7. The molecule has 10 nitrogen and oxygen atoms in total. The number of hydrogen-bond acceptors (Lipinski definition) is 7. The van der Waals surface area contributed by atoms with Crippen molar-refractivity contribution >= 4 is 22.8 Å². The second-order valence-corrected chi connectivity index (χ2v) is 11.5. The summed E-state index contributed by atoms with van der Waals surface area (Å²) in [4.78, 5) is 13.5. The van der Waals surface area contributed by atoms with Gasteiger partial charge in [0.25, 0.3) is 0 Å². The van der Waals surface area contributed by atoms with Crippen molar-refractivity contribution in [3.63, 3.8) is 0 Å². The number of nitrogens with zero attached hydrogens (tertiary/aromatic N) is 1. The van der Waals surface area contributed by atoms with E-state index in [0.29, 0.717) is 30.2 Å². The molecular weight excluding hydrogens is 510 g/mol. The number of aliphatic hydroxyl groups excluding tert-OH is 1. The van der Waals surface area contributed by atoms with Gasteiger partial charge in [0.2, 0.25) is 0 Å². The minimum Gasteiger partial charge on any atom is -0.443 e. The van der Waals surface area contributed by atoms with Gasteiger partial charge in [0.15, 0.2) is 6.29 Å². The molecule has 0 spiro atoms. The van der Waals surface area contributed by atoms with Crippen LogP contribution in [0.3, 0.4) is 0 Å². The molecule has 4 rings (SSSR count). The Labute approximate surface area is 226 Å². The molecular formula is C27H39N3O7S. The highest BCUT2D eigenvalue weighted by molar-refractivity contribution is 7.82. The average Bonchev–Trinajstić information content (AvgIpc) is 3.49. The number of anilines is 1. The van der Waals surface area contributed by atoms with Crippen LogP contribution < -0.4 is 11.1 Å². The first-order chi connectivity index (χ1) is 17.8. The molecule has 2 aromatic carbocycles. The number of carbonyl (C=O) groups excluding carboxylic acids is 1. The minimum atomic E-state index is -1.51. The van der Waals surface area contributed by atoms with Crippen LogP contribution in [0.1, 0.15) is 25.8 Å². The summed E-state index contributed by atoms with van der Waals surface area (Å²) < 4.78 is 31.9. The molecule has 0 radical (unpaired) electrons. The number of benzene rings is 2. The van der Waals surface area contributed by atoms with E-state index in [9.17, 15) is 14.1 Å². The number of alkyl carbamates (subject to hydrolysis) is 1. The van der Waals surface area contributed by atoms with E-state index in [1.54, 1.807) is 28.6 Å². The highest BCUT2D eigenvalue weighted by Crippen LogP contribution is 2.33. The predicted molar refractivity (Wildman–Crippen MR) is 144 cm³/mol. The van der Waals surface area contributed by atoms with E-state index in [1.807, 2.05) is 44.2 Å². The van der Waals surface area contributed by atoms with Crippen molar-refractivity contribution in [2.45, 2.75) is 56.1 Å². The third kappa shape index (κ3) is 7.98. The van der Waals surface area contributed by atoms with E-state index in [0.717, 1.165) is 12.0 Å². The Balaban J connectivity index is 0.00000400. The van der Waals surface area contributed by atoms with Crippen molar-refractivity contribution in [1.29, 1.82) is 0 Å². The molecule has 210 valence electrons. The van der Waals surface area contributed by atoms with Crippen molar-refractivity contribution in [3.05, 3.63) is 60.2 Å². The zero-order valence-corrected chi connectivity index (χ0v) is 22.6. The number of nitrogen functional groups attached to an aromatic ring is 1. The average molecular weight is 550 g/mol. The lowest BCUT2D eigenvalue weighted by Gasteiger charge is -2.30. The van der Waals surface area contributed by atoms with Crippen molar-refractivity contribution in [3.8, 4) is 0 Å². The SMILES string of the molecule is CC(C)CN(C[C@@H](O)[C@H](Cc1ccccc1)NC(=O)O[C@H]1CO[C@H]2OCC[C@H]21)S(=O)c1ccc(N)cc1.O. The minimum absolute atomic E-state index is 0. The topological polar surface area (TPSA) is 155 Å². The van der Waals surface area contributed by atoms with E-state index in [-0.39, 0.29) is 36.8 Å². The summed E-state index contributed by atoms with van der Waals surface area (Å²) in [6.45, 7) is 5.53. The molecule has 0 aromatic heterocycles. The highest BCUT2D eigenvalue weighted by atomic mass is 32.2. The molecule has 11 heteroatoms. The van der Waals surface area contributed by atoms with E-state index in [4.69, 9.17) is 19.9 Å². The molecule has 38 heavy (non-hydrogen) atoms. The van der Waals surface area contributed by atoms with E-state index >= 15 is 0 Å². The molecule has 2 heterocycles. The van der Waals surface area contributed by atoms with Crippen molar-refractivity contribution in [2.24, 2.45) is 11.8 Å². The van der Waals surface area contributed by atoms with Gasteiger partial charge in [-0.3, -0.25) is 0 Å². The van der Waals surface area contributed by atoms with Crippen molar-refractivity contribution in [2.75, 3.05) is 32.0 Å². The fourth-order valence-electron chi connectivity index (χ4n) is 4.71. The van der Waals surface area contributed by atoms with Gasteiger partial charge in [0.1, 0.15) is 17.1 Å². The first-order valence-corrected chi connectivity index (χ1v) is 13.9. The molecule has 2 aliphatic heterocycles. The Kier molecular flexibility index (Phi) is 11.1. The van der Waals surface area contributed by atoms with Crippen LogP contribution in [0.4, 0.5) is 10.5 Å². The molecule has 0 saturated carbocycles. The van der Waals surface area contributed by atoms with Crippen molar-refractivity contribution < 1.29 is 33.8 Å². The molecule has 1 amide bonds. The lowest BCUT2D eigenvalue weighted by atomic mass is 10.0. The Bertz CT molecular complexity index is 1040. The number of fused-ring (bicyclic) bond motifs is 1. The predicted octanol–water partition coefficient (Wildman–Crippen LogP) is 1.88. The second-order valence-electron chi connectivity index (χ2n) is 10.0. The van der Waals surface area contributed by atoms with Crippen LogP contribution >= 0.6 is 0 Å². The van der Waals surface area contributed by atoms with Crippen LogP contribution in [0, 0.1) is 11.8 Å². The molecule has 0 bridgehead atoms. The standard InChI is InChI=1S/C27H37N3O6S.H2O/c1-18(2)15-30(37(33)21-10-8-20(28)9-11-21)16-24(31)23(14-19-6-4-3-5-7-19)29-27(32)36-25-17-35-26-22(25)12-13-34-26;/h3-11,18,22-26,31H,12-17,28H2,1-2H3,(H,29,32);1H2/t22-,23-,24+,25-,26+,37?;/m0./s1. The third-order valence-electron chi connectivity index (χ3n) is 6.59. The number of hydrogen-bond donors (Lipinski definition) is 3. The maximum absolute atomic E-state index is 13.4. The Morgan fingerprint density at radius 3 is 2.55 bits per heavy atom. The monoisotopic (exact) mass is 549 g/mol. The van der Waals surface area contributed by atoms with Crippen LogP contribution in [-0.4, -0.2) is 76.0 Å². The maximum atomic E-state index is 13.4. The zero-order chi connectivity index (χ0) is 26.4. The molecule has 2 aromatic rings. The molecule has 0 aliphatic carbocycles. The van der Waals surface area contributed by atoms with Crippen LogP contribution in [0.2, 0.25) is 0 Å². The van der Waals surface area contributed by atoms with Gasteiger partial charge in [-0.15, -0.1) is 0 Å². The number of ether oxygens (including phenoxy) is 3. The summed E-state index contributed by atoms with van der Waals surface area (Å²) in [5.74, 6) is 0.228. The summed E-state index contributed by atoms with van der Waals surface area (Å²) in [6, 6.07) is 15.8. The van der Waals surface area contributed by atoms with Gasteiger partial charge >= 0.3 is 6.09 Å². The lowest BCUT2D eigenvalue weighted by molar-refractivity contribution is -0.0907. The number of nitrogens with two attached hydrogens (primary N) is 1. The van der Waals surface area contributed by atoms with Gasteiger partial charge in [-0.2, -0.15) is 0 Å². The van der Waals surface area contributed by atoms with E-state index < -0.39 is 35.3 Å². The zero-order valence-electron chi connectivity index (χ0n) is 21.8. The van der Waals surface area contributed by atoms with Crippen molar-refractivity contribution in [1.82, 2.24) is 9.62 Å². The Hall–Kier alpha value is -2.54. The van der Waals surface area contributed by atoms with Gasteiger partial charge in [-0.1, -0.05) is 44.2 Å². The van der Waals surface area contributed by atoms with Crippen LogP contribution in [0.15, 0.2) is 59.5 Å². The lowest BCUT2D eigenvalue weighted by Crippen LogP contribution is -2.51. The number of nitrogens with one attached hydrogen (secondary N) is 1. The van der Waals surface area contributed by atoms with Gasteiger partial charge in [-0.05, 0) is 48.6 Å². The molecule has 1 unspecified atom stereocenters. The maximum Gasteiger partial charge on any atom is 0.407 e. The summed E-state index contributed by atoms with van der Waals surface area (Å²) >= 11 is 0. The molecule has 2 saturated heterocycles. The normalized spacial score (nSPS) is 22.9. The van der Waals surface area contributed by atoms with Gasteiger partial charge < -0.3 is 35.8 Å². The second kappa shape index (κ2) is 14.0. The van der Waals surface area contributed by atoms with E-state index in [2.05, 4.69) is 5.32 Å². The van der Waals surface area contributed by atoms with Gasteiger partial charge in [0.05, 0.1) is 36.2 Å². The largest absolute Gasteiger partial charge is 0.443 e. The molecule has 2 fully saturated rings. The molecule has 2 aliphatic rings. The smallest absolute Gasteiger partial charge is 0.407 e. The number of amides is 1.